The monoisotopic (exact) mass is 568 g/mol. The van der Waals surface area contributed by atoms with E-state index in [1.807, 2.05) is 0 Å². The second kappa shape index (κ2) is 15.1. The van der Waals surface area contributed by atoms with Crippen molar-refractivity contribution in [3.63, 3.8) is 0 Å². The van der Waals surface area contributed by atoms with Gasteiger partial charge in [-0.3, -0.25) is 4.90 Å². The van der Waals surface area contributed by atoms with Gasteiger partial charge in [-0.25, -0.2) is 9.82 Å². The van der Waals surface area contributed by atoms with E-state index in [0.29, 0.717) is 23.9 Å². The molecule has 0 radical (unpaired) electrons. The van der Waals surface area contributed by atoms with Crippen molar-refractivity contribution in [2.75, 3.05) is 20.1 Å². The van der Waals surface area contributed by atoms with Gasteiger partial charge < -0.3 is 15.1 Å². The van der Waals surface area contributed by atoms with E-state index in [0.717, 1.165) is 69.8 Å². The lowest BCUT2D eigenvalue weighted by Crippen LogP contribution is -2.49. The Morgan fingerprint density at radius 1 is 1.10 bits per heavy atom. The van der Waals surface area contributed by atoms with Gasteiger partial charge in [-0.05, 0) is 80.5 Å². The first kappa shape index (κ1) is 32.3. The van der Waals surface area contributed by atoms with Crippen LogP contribution in [0, 0.1) is 17.7 Å². The molecule has 5 nitrogen and oxygen atoms in total. The fraction of sp³-hybridized carbons (Fsp3) is 0.677. The summed E-state index contributed by atoms with van der Waals surface area (Å²) in [6, 6.07) is 4.10. The van der Waals surface area contributed by atoms with Crippen LogP contribution < -0.4 is 15.6 Å². The number of halogens is 4. The zero-order valence-corrected chi connectivity index (χ0v) is 24.8. The average Bonchev–Trinajstić information content (AvgIpc) is 3.30. The zero-order chi connectivity index (χ0) is 29.3. The molecule has 3 unspecified atom stereocenters. The third kappa shape index (κ3) is 9.40. The van der Waals surface area contributed by atoms with E-state index in [1.165, 1.54) is 24.1 Å². The molecule has 3 atom stereocenters. The molecule has 2 N–H and O–H groups in total. The Kier molecular flexibility index (Phi) is 12.2. The summed E-state index contributed by atoms with van der Waals surface area (Å²) in [7, 11) is 2.15. The Hall–Kier alpha value is -2.26. The molecule has 1 aromatic rings. The molecule has 0 saturated carbocycles. The van der Waals surface area contributed by atoms with Crippen LogP contribution >= 0.6 is 0 Å². The summed E-state index contributed by atoms with van der Waals surface area (Å²) < 4.78 is 56.7. The van der Waals surface area contributed by atoms with Crippen LogP contribution in [-0.4, -0.2) is 48.4 Å². The van der Waals surface area contributed by atoms with Crippen LogP contribution in [0.15, 0.2) is 41.7 Å². The number of likely N-dealkylation sites (tertiary alicyclic amines) is 1. The number of nitrogens with zero attached hydrogens (tertiary/aromatic N) is 2. The van der Waals surface area contributed by atoms with Gasteiger partial charge in [0.25, 0.3) is 0 Å². The molecule has 0 spiro atoms. The molecule has 3 rings (SSSR count). The van der Waals surface area contributed by atoms with Gasteiger partial charge in [0.15, 0.2) is 11.6 Å². The molecule has 40 heavy (non-hydrogen) atoms. The van der Waals surface area contributed by atoms with Crippen LogP contribution in [0.4, 0.5) is 17.6 Å². The first-order valence-corrected chi connectivity index (χ1v) is 14.9. The quantitative estimate of drug-likeness (QED) is 0.130. The predicted octanol–water partition coefficient (Wildman–Crippen LogP) is 7.52. The molecule has 0 aromatic heterocycles. The van der Waals surface area contributed by atoms with Crippen LogP contribution in [0.25, 0.3) is 0 Å². The number of hydrogen-bond acceptors (Lipinski definition) is 5. The van der Waals surface area contributed by atoms with Crippen molar-refractivity contribution in [1.29, 1.82) is 0 Å². The molecule has 0 bridgehead atoms. The summed E-state index contributed by atoms with van der Waals surface area (Å²) >= 11 is 0. The van der Waals surface area contributed by atoms with Crippen molar-refractivity contribution in [2.24, 2.45) is 11.8 Å². The summed E-state index contributed by atoms with van der Waals surface area (Å²) in [5.41, 5.74) is 9.89. The fourth-order valence-electron chi connectivity index (χ4n) is 5.95. The first-order valence-electron chi connectivity index (χ1n) is 14.9. The van der Waals surface area contributed by atoms with E-state index in [4.69, 9.17) is 0 Å². The van der Waals surface area contributed by atoms with Gasteiger partial charge >= 0.3 is 6.36 Å². The van der Waals surface area contributed by atoms with Crippen LogP contribution in [0.5, 0.6) is 5.75 Å². The van der Waals surface area contributed by atoms with Crippen molar-refractivity contribution in [2.45, 2.75) is 104 Å². The van der Waals surface area contributed by atoms with Gasteiger partial charge in [-0.2, -0.15) is 0 Å². The van der Waals surface area contributed by atoms with Gasteiger partial charge in [0, 0.05) is 31.0 Å². The van der Waals surface area contributed by atoms with E-state index in [9.17, 15) is 17.6 Å². The highest BCUT2D eigenvalue weighted by Crippen LogP contribution is 2.36. The van der Waals surface area contributed by atoms with Gasteiger partial charge in [-0.15, -0.1) is 13.2 Å². The number of ether oxygens (including phenoxy) is 1. The van der Waals surface area contributed by atoms with Crippen LogP contribution in [0.1, 0.15) is 84.6 Å². The number of hydrazine groups is 1. The van der Waals surface area contributed by atoms with E-state index >= 15 is 0 Å². The minimum atomic E-state index is -4.94. The Labute approximate surface area is 238 Å². The average molecular weight is 569 g/mol. The lowest BCUT2D eigenvalue weighted by Gasteiger charge is -2.42. The molecule has 2 aliphatic heterocycles. The number of benzene rings is 1. The largest absolute Gasteiger partial charge is 0.573 e. The van der Waals surface area contributed by atoms with E-state index in [1.54, 1.807) is 0 Å². The molecular weight excluding hydrogens is 520 g/mol. The third-order valence-electron chi connectivity index (χ3n) is 7.83. The van der Waals surface area contributed by atoms with Crippen LogP contribution in [-0.2, 0) is 6.54 Å². The zero-order valence-electron chi connectivity index (χ0n) is 24.8. The fourth-order valence-corrected chi connectivity index (χ4v) is 5.95. The molecular formula is C31H48F4N4O. The highest BCUT2D eigenvalue weighted by Gasteiger charge is 2.36. The van der Waals surface area contributed by atoms with Gasteiger partial charge in [-0.1, -0.05) is 59.4 Å². The van der Waals surface area contributed by atoms with Gasteiger partial charge in [0.1, 0.15) is 0 Å². The van der Waals surface area contributed by atoms with Crippen molar-refractivity contribution >= 4 is 0 Å². The molecule has 0 amide bonds. The molecule has 0 aliphatic carbocycles. The third-order valence-corrected chi connectivity index (χ3v) is 7.83. The second-order valence-corrected chi connectivity index (χ2v) is 11.7. The van der Waals surface area contributed by atoms with E-state index in [2.05, 4.69) is 72.4 Å². The Balaban J connectivity index is 1.99. The number of rotatable bonds is 15. The molecule has 9 heteroatoms. The van der Waals surface area contributed by atoms with Crippen molar-refractivity contribution in [1.82, 2.24) is 20.7 Å². The van der Waals surface area contributed by atoms with Crippen LogP contribution in [0.3, 0.4) is 0 Å². The summed E-state index contributed by atoms with van der Waals surface area (Å²) in [4.78, 5) is 4.65. The highest BCUT2D eigenvalue weighted by molar-refractivity contribution is 5.36. The first-order chi connectivity index (χ1) is 19.0. The smallest absolute Gasteiger partial charge is 0.403 e. The standard InChI is InChI=1S/C31H48F4N4O/c1-6-8-9-12-24(11-7-2)30-27(37-36-19-22(3)4)18-25(28-13-10-16-38(28)5)21-39(30)20-23-14-15-29(26(32)17-23)40-31(33,34)35/h14-15,17-18,21-22,24,28,30,36-37H,6-13,16,19-20H2,1-5H3. The van der Waals surface area contributed by atoms with Crippen molar-refractivity contribution < 1.29 is 22.3 Å². The molecule has 1 saturated heterocycles. The number of unbranched alkanes of at least 4 members (excludes halogenated alkanes) is 2. The lowest BCUT2D eigenvalue weighted by molar-refractivity contribution is -0.275. The highest BCUT2D eigenvalue weighted by atomic mass is 19.4. The second-order valence-electron chi connectivity index (χ2n) is 11.7. The molecule has 2 aliphatic rings. The minimum Gasteiger partial charge on any atom is -0.403 e. The lowest BCUT2D eigenvalue weighted by atomic mass is 9.84. The Morgan fingerprint density at radius 3 is 2.48 bits per heavy atom. The molecule has 1 fully saturated rings. The summed E-state index contributed by atoms with van der Waals surface area (Å²) in [5, 5.41) is 0. The number of likely N-dealkylation sites (N-methyl/N-ethyl adjacent to an activating group) is 1. The molecule has 226 valence electrons. The summed E-state index contributed by atoms with van der Waals surface area (Å²) in [6.07, 6.45) is 8.40. The molecule has 1 aromatic carbocycles. The number of alkyl halides is 3. The predicted molar refractivity (Wildman–Crippen MR) is 153 cm³/mol. The van der Waals surface area contributed by atoms with Crippen LogP contribution in [0.2, 0.25) is 0 Å². The summed E-state index contributed by atoms with van der Waals surface area (Å²) in [5.74, 6) is -0.978. The maximum Gasteiger partial charge on any atom is 0.573 e. The van der Waals surface area contributed by atoms with Crippen molar-refractivity contribution in [3.05, 3.63) is 53.1 Å². The summed E-state index contributed by atoms with van der Waals surface area (Å²) in [6.45, 7) is 11.0. The maximum atomic E-state index is 14.7. The van der Waals surface area contributed by atoms with E-state index in [-0.39, 0.29) is 12.1 Å². The Morgan fingerprint density at radius 2 is 1.88 bits per heavy atom. The minimum absolute atomic E-state index is 0.0288. The van der Waals surface area contributed by atoms with Gasteiger partial charge in [0.05, 0.1) is 6.04 Å². The normalized spacial score (nSPS) is 21.0. The molecule has 2 heterocycles. The number of hydrogen-bond donors (Lipinski definition) is 2. The topological polar surface area (TPSA) is 39.8 Å². The maximum absolute atomic E-state index is 14.7. The Bertz CT molecular complexity index is 994. The number of nitrogens with one attached hydrogen (secondary N) is 2. The van der Waals surface area contributed by atoms with Crippen molar-refractivity contribution in [3.8, 4) is 5.75 Å². The van der Waals surface area contributed by atoms with Gasteiger partial charge in [0.2, 0.25) is 0 Å². The van der Waals surface area contributed by atoms with E-state index < -0.39 is 17.9 Å². The SMILES string of the molecule is CCCCCC(CCC)C1C(NNCC(C)C)=CC(C2CCCN2C)=CN1Cc1ccc(OC(F)(F)F)c(F)c1.